The maximum atomic E-state index is 11.9. The molecule has 19 heavy (non-hydrogen) atoms. The van der Waals surface area contributed by atoms with Crippen molar-refractivity contribution in [3.8, 4) is 0 Å². The van der Waals surface area contributed by atoms with E-state index in [0.29, 0.717) is 24.0 Å². The minimum Gasteiger partial charge on any atom is -0.343 e. The van der Waals surface area contributed by atoms with E-state index in [1.807, 2.05) is 27.7 Å². The smallest absolute Gasteiger partial charge is 0.251 e. The van der Waals surface area contributed by atoms with Crippen LogP contribution in [0.2, 0.25) is 0 Å². The zero-order valence-corrected chi connectivity index (χ0v) is 12.7. The Bertz CT molecular complexity index is 481. The summed E-state index contributed by atoms with van der Waals surface area (Å²) in [6, 6.07) is 1.50. The summed E-state index contributed by atoms with van der Waals surface area (Å²) in [5.41, 5.74) is 0.582. The highest BCUT2D eigenvalue weighted by atomic mass is 32.2. The van der Waals surface area contributed by atoms with Crippen molar-refractivity contribution < 1.29 is 4.79 Å². The van der Waals surface area contributed by atoms with Gasteiger partial charge in [0.2, 0.25) is 5.91 Å². The molecule has 0 aliphatic carbocycles. The van der Waals surface area contributed by atoms with Gasteiger partial charge in [-0.2, -0.15) is 0 Å². The molecule has 0 aliphatic rings. The molecule has 0 bridgehead atoms. The molecule has 106 valence electrons. The summed E-state index contributed by atoms with van der Waals surface area (Å²) in [5, 5.41) is 0.511. The van der Waals surface area contributed by atoms with E-state index in [1.165, 1.54) is 17.8 Å². The third-order valence-electron chi connectivity index (χ3n) is 2.78. The molecule has 0 aliphatic heterocycles. The van der Waals surface area contributed by atoms with Gasteiger partial charge in [-0.15, -0.1) is 0 Å². The Labute approximate surface area is 117 Å². The first kappa shape index (κ1) is 15.8. The largest absolute Gasteiger partial charge is 0.343 e. The van der Waals surface area contributed by atoms with Gasteiger partial charge in [0.25, 0.3) is 5.56 Å². The fourth-order valence-corrected chi connectivity index (χ4v) is 2.40. The normalized spacial score (nSPS) is 10.8. The lowest BCUT2D eigenvalue weighted by Crippen LogP contribution is -2.32. The molecule has 0 saturated carbocycles. The number of thioether (sulfide) groups is 1. The summed E-state index contributed by atoms with van der Waals surface area (Å²) in [6.07, 6.45) is 0. The van der Waals surface area contributed by atoms with E-state index in [0.717, 1.165) is 5.69 Å². The SMILES string of the molecule is CCN(CC)C(=O)CSc1nc(C(C)C)cc(=O)[nH]1. The highest BCUT2D eigenvalue weighted by Gasteiger charge is 2.12. The average Bonchev–Trinajstić information content (AvgIpc) is 2.37. The van der Waals surface area contributed by atoms with Crippen molar-refractivity contribution in [2.45, 2.75) is 38.8 Å². The van der Waals surface area contributed by atoms with Crippen molar-refractivity contribution in [1.82, 2.24) is 14.9 Å². The van der Waals surface area contributed by atoms with E-state index in [1.54, 1.807) is 4.90 Å². The molecule has 1 N–H and O–H groups in total. The number of nitrogens with zero attached hydrogens (tertiary/aromatic N) is 2. The summed E-state index contributed by atoms with van der Waals surface area (Å²) < 4.78 is 0. The number of H-pyrrole nitrogens is 1. The van der Waals surface area contributed by atoms with Crippen LogP contribution in [-0.2, 0) is 4.79 Å². The van der Waals surface area contributed by atoms with Gasteiger partial charge < -0.3 is 9.88 Å². The van der Waals surface area contributed by atoms with E-state index in [2.05, 4.69) is 9.97 Å². The Morgan fingerprint density at radius 2 is 2.05 bits per heavy atom. The van der Waals surface area contributed by atoms with Crippen LogP contribution in [0.15, 0.2) is 16.0 Å². The van der Waals surface area contributed by atoms with Crippen molar-refractivity contribution in [3.63, 3.8) is 0 Å². The van der Waals surface area contributed by atoms with Crippen LogP contribution in [0.25, 0.3) is 0 Å². The third-order valence-corrected chi connectivity index (χ3v) is 3.64. The Morgan fingerprint density at radius 1 is 1.42 bits per heavy atom. The zero-order chi connectivity index (χ0) is 14.4. The van der Waals surface area contributed by atoms with Gasteiger partial charge >= 0.3 is 0 Å². The fraction of sp³-hybridized carbons (Fsp3) is 0.615. The fourth-order valence-electron chi connectivity index (χ4n) is 1.62. The number of aromatic amines is 1. The van der Waals surface area contributed by atoms with Gasteiger partial charge in [-0.3, -0.25) is 9.59 Å². The van der Waals surface area contributed by atoms with E-state index in [9.17, 15) is 9.59 Å². The molecule has 1 aromatic heterocycles. The van der Waals surface area contributed by atoms with Gasteiger partial charge in [-0.05, 0) is 19.8 Å². The molecule has 0 atom stereocenters. The van der Waals surface area contributed by atoms with Gasteiger partial charge in [0.15, 0.2) is 5.16 Å². The molecule has 5 nitrogen and oxygen atoms in total. The summed E-state index contributed by atoms with van der Waals surface area (Å²) in [5.74, 6) is 0.555. The number of carbonyl (C=O) groups excluding carboxylic acids is 1. The molecule has 0 spiro atoms. The van der Waals surface area contributed by atoms with Crippen molar-refractivity contribution in [3.05, 3.63) is 22.1 Å². The van der Waals surface area contributed by atoms with Crippen LogP contribution in [0.4, 0.5) is 0 Å². The second-order valence-corrected chi connectivity index (χ2v) is 5.45. The van der Waals surface area contributed by atoms with Gasteiger partial charge in [0, 0.05) is 19.2 Å². The maximum Gasteiger partial charge on any atom is 0.251 e. The summed E-state index contributed by atoms with van der Waals surface area (Å²) in [4.78, 5) is 32.1. The average molecular weight is 283 g/mol. The third kappa shape index (κ3) is 4.70. The second kappa shape index (κ2) is 7.33. The molecule has 1 aromatic rings. The van der Waals surface area contributed by atoms with E-state index in [4.69, 9.17) is 0 Å². The summed E-state index contributed by atoms with van der Waals surface area (Å²) in [7, 11) is 0. The number of rotatable bonds is 6. The number of hydrogen-bond acceptors (Lipinski definition) is 4. The zero-order valence-electron chi connectivity index (χ0n) is 11.9. The van der Waals surface area contributed by atoms with E-state index >= 15 is 0 Å². The molecule has 1 amide bonds. The Hall–Kier alpha value is -1.30. The maximum absolute atomic E-state index is 11.9. The Kier molecular flexibility index (Phi) is 6.08. The lowest BCUT2D eigenvalue weighted by molar-refractivity contribution is -0.127. The highest BCUT2D eigenvalue weighted by Crippen LogP contribution is 2.15. The lowest BCUT2D eigenvalue weighted by Gasteiger charge is -2.18. The minimum atomic E-state index is -0.170. The van der Waals surface area contributed by atoms with E-state index in [-0.39, 0.29) is 17.4 Å². The number of nitrogens with one attached hydrogen (secondary N) is 1. The molecule has 1 heterocycles. The molecular formula is C13H21N3O2S. The summed E-state index contributed by atoms with van der Waals surface area (Å²) >= 11 is 1.28. The topological polar surface area (TPSA) is 66.1 Å². The number of amides is 1. The monoisotopic (exact) mass is 283 g/mol. The molecular weight excluding hydrogens is 262 g/mol. The van der Waals surface area contributed by atoms with Crippen LogP contribution < -0.4 is 5.56 Å². The van der Waals surface area contributed by atoms with Crippen LogP contribution in [0.3, 0.4) is 0 Å². The van der Waals surface area contributed by atoms with Gasteiger partial charge in [-0.1, -0.05) is 25.6 Å². The molecule has 6 heteroatoms. The molecule has 1 rings (SSSR count). The quantitative estimate of drug-likeness (QED) is 0.639. The van der Waals surface area contributed by atoms with Crippen LogP contribution in [0.5, 0.6) is 0 Å². The molecule has 0 aromatic carbocycles. The van der Waals surface area contributed by atoms with Crippen molar-refractivity contribution in [2.75, 3.05) is 18.8 Å². The van der Waals surface area contributed by atoms with Crippen LogP contribution in [0, 0.1) is 0 Å². The standard InChI is InChI=1S/C13H21N3O2S/c1-5-16(6-2)12(18)8-19-13-14-10(9(3)4)7-11(17)15-13/h7,9H,5-6,8H2,1-4H3,(H,14,15,17). The van der Waals surface area contributed by atoms with Crippen LogP contribution in [-0.4, -0.2) is 39.6 Å². The molecule has 0 saturated heterocycles. The first-order valence-electron chi connectivity index (χ1n) is 6.49. The van der Waals surface area contributed by atoms with E-state index < -0.39 is 0 Å². The van der Waals surface area contributed by atoms with Crippen molar-refractivity contribution in [2.24, 2.45) is 0 Å². The van der Waals surface area contributed by atoms with Gasteiger partial charge in [0.05, 0.1) is 11.4 Å². The number of hydrogen-bond donors (Lipinski definition) is 1. The highest BCUT2D eigenvalue weighted by molar-refractivity contribution is 7.99. The molecule has 0 fully saturated rings. The van der Waals surface area contributed by atoms with Gasteiger partial charge in [0.1, 0.15) is 0 Å². The lowest BCUT2D eigenvalue weighted by atomic mass is 10.1. The predicted octanol–water partition coefficient (Wildman–Crippen LogP) is 1.85. The second-order valence-electron chi connectivity index (χ2n) is 4.48. The summed E-state index contributed by atoms with van der Waals surface area (Å²) in [6.45, 7) is 9.27. The first-order chi connectivity index (χ1) is 8.97. The number of aromatic nitrogens is 2. The van der Waals surface area contributed by atoms with Crippen LogP contribution in [0.1, 0.15) is 39.3 Å². The number of carbonyl (C=O) groups is 1. The Morgan fingerprint density at radius 3 is 2.58 bits per heavy atom. The minimum absolute atomic E-state index is 0.0626. The Balaban J connectivity index is 2.73. The van der Waals surface area contributed by atoms with Gasteiger partial charge in [-0.25, -0.2) is 4.98 Å². The first-order valence-corrected chi connectivity index (χ1v) is 7.48. The van der Waals surface area contributed by atoms with Crippen molar-refractivity contribution >= 4 is 17.7 Å². The molecule has 0 radical (unpaired) electrons. The van der Waals surface area contributed by atoms with Crippen molar-refractivity contribution in [1.29, 1.82) is 0 Å². The predicted molar refractivity (Wildman–Crippen MR) is 77.6 cm³/mol. The molecule has 0 unspecified atom stereocenters. The van der Waals surface area contributed by atoms with Crippen LogP contribution >= 0.6 is 11.8 Å².